The number of rotatable bonds is 5. The van der Waals surface area contributed by atoms with Crippen LogP contribution < -0.4 is 5.32 Å². The topological polar surface area (TPSA) is 15.3 Å². The maximum absolute atomic E-state index is 3.86. The molecule has 1 aliphatic heterocycles. The van der Waals surface area contributed by atoms with Crippen molar-refractivity contribution in [2.24, 2.45) is 23.7 Å². The Bertz CT molecular complexity index is 355. The molecule has 0 aromatic heterocycles. The molecule has 3 fully saturated rings. The molecule has 0 radical (unpaired) electrons. The minimum absolute atomic E-state index is 0.335. The molecular formula is C19H36N2. The van der Waals surface area contributed by atoms with Crippen molar-refractivity contribution in [3.8, 4) is 0 Å². The molecule has 6 atom stereocenters. The molecule has 0 aromatic rings. The van der Waals surface area contributed by atoms with E-state index in [9.17, 15) is 0 Å². The lowest BCUT2D eigenvalue weighted by Crippen LogP contribution is -2.64. The summed E-state index contributed by atoms with van der Waals surface area (Å²) >= 11 is 0. The van der Waals surface area contributed by atoms with E-state index >= 15 is 0 Å². The molecule has 3 rings (SSSR count). The standard InChI is InChI=1S/C19H36N2/c1-5-14(3)18-11-20-19(4,6-2)13-21(18)12-17-10-15-7-8-16(17)9-15/h14-18,20H,5-13H2,1-4H3. The van der Waals surface area contributed by atoms with Gasteiger partial charge >= 0.3 is 0 Å². The van der Waals surface area contributed by atoms with E-state index in [1.807, 2.05) is 0 Å². The van der Waals surface area contributed by atoms with Gasteiger partial charge in [0.1, 0.15) is 0 Å². The van der Waals surface area contributed by atoms with Crippen molar-refractivity contribution < 1.29 is 0 Å². The molecule has 6 unspecified atom stereocenters. The van der Waals surface area contributed by atoms with Crippen LogP contribution in [0.3, 0.4) is 0 Å². The fourth-order valence-electron chi connectivity index (χ4n) is 5.27. The van der Waals surface area contributed by atoms with Crippen molar-refractivity contribution in [1.82, 2.24) is 10.2 Å². The fraction of sp³-hybridized carbons (Fsp3) is 1.00. The van der Waals surface area contributed by atoms with E-state index in [0.29, 0.717) is 5.54 Å². The number of hydrogen-bond acceptors (Lipinski definition) is 2. The highest BCUT2D eigenvalue weighted by Gasteiger charge is 2.43. The van der Waals surface area contributed by atoms with Crippen molar-refractivity contribution in [1.29, 1.82) is 0 Å². The molecule has 1 heterocycles. The Kier molecular flexibility index (Phi) is 4.66. The van der Waals surface area contributed by atoms with Gasteiger partial charge in [0.2, 0.25) is 0 Å². The summed E-state index contributed by atoms with van der Waals surface area (Å²) in [5.41, 5.74) is 0.335. The molecule has 0 spiro atoms. The van der Waals surface area contributed by atoms with Gasteiger partial charge in [-0.2, -0.15) is 0 Å². The maximum Gasteiger partial charge on any atom is 0.0278 e. The second-order valence-corrected chi connectivity index (χ2v) is 8.61. The highest BCUT2D eigenvalue weighted by Crippen LogP contribution is 2.48. The zero-order chi connectivity index (χ0) is 15.0. The molecule has 21 heavy (non-hydrogen) atoms. The lowest BCUT2D eigenvalue weighted by molar-refractivity contribution is 0.0346. The number of hydrogen-bond donors (Lipinski definition) is 1. The highest BCUT2D eigenvalue weighted by atomic mass is 15.3. The quantitative estimate of drug-likeness (QED) is 0.826. The average Bonchev–Trinajstić information content (AvgIpc) is 3.09. The first-order valence-corrected chi connectivity index (χ1v) is 9.53. The van der Waals surface area contributed by atoms with Crippen LogP contribution >= 0.6 is 0 Å². The molecular weight excluding hydrogens is 256 g/mol. The van der Waals surface area contributed by atoms with Gasteiger partial charge in [-0.1, -0.05) is 33.6 Å². The Balaban J connectivity index is 1.67. The first kappa shape index (κ1) is 15.8. The third-order valence-electron chi connectivity index (χ3n) is 7.19. The summed E-state index contributed by atoms with van der Waals surface area (Å²) in [6.07, 6.45) is 8.70. The van der Waals surface area contributed by atoms with Crippen LogP contribution in [0.5, 0.6) is 0 Å². The fourth-order valence-corrected chi connectivity index (χ4v) is 5.27. The lowest BCUT2D eigenvalue weighted by Gasteiger charge is -2.49. The highest BCUT2D eigenvalue weighted by molar-refractivity contribution is 4.98. The Morgan fingerprint density at radius 2 is 2.05 bits per heavy atom. The Morgan fingerprint density at radius 1 is 1.24 bits per heavy atom. The lowest BCUT2D eigenvalue weighted by atomic mass is 9.84. The Labute approximate surface area is 132 Å². The number of fused-ring (bicyclic) bond motifs is 2. The van der Waals surface area contributed by atoms with Gasteiger partial charge in [0, 0.05) is 31.2 Å². The predicted octanol–water partition coefficient (Wildman–Crippen LogP) is 3.91. The third-order valence-corrected chi connectivity index (χ3v) is 7.19. The Morgan fingerprint density at radius 3 is 2.62 bits per heavy atom. The van der Waals surface area contributed by atoms with Crippen molar-refractivity contribution >= 4 is 0 Å². The maximum atomic E-state index is 3.86. The summed E-state index contributed by atoms with van der Waals surface area (Å²) in [4.78, 5) is 2.89. The molecule has 122 valence electrons. The monoisotopic (exact) mass is 292 g/mol. The molecule has 2 heteroatoms. The van der Waals surface area contributed by atoms with Crippen LogP contribution in [-0.2, 0) is 0 Å². The summed E-state index contributed by atoms with van der Waals surface area (Å²) in [5.74, 6) is 3.98. The molecule has 1 N–H and O–H groups in total. The first-order valence-electron chi connectivity index (χ1n) is 9.53. The van der Waals surface area contributed by atoms with Gasteiger partial charge in [-0.25, -0.2) is 0 Å². The van der Waals surface area contributed by atoms with Gasteiger partial charge in [0.15, 0.2) is 0 Å². The number of nitrogens with zero attached hydrogens (tertiary/aromatic N) is 1. The zero-order valence-electron chi connectivity index (χ0n) is 14.7. The SMILES string of the molecule is CCC(C)C1CNC(C)(CC)CN1CC1CC2CCC1C2. The van der Waals surface area contributed by atoms with Crippen molar-refractivity contribution in [3.63, 3.8) is 0 Å². The predicted molar refractivity (Wildman–Crippen MR) is 90.5 cm³/mol. The average molecular weight is 293 g/mol. The van der Waals surface area contributed by atoms with Gasteiger partial charge in [-0.3, -0.25) is 4.90 Å². The van der Waals surface area contributed by atoms with Gasteiger partial charge in [-0.05, 0) is 56.3 Å². The summed E-state index contributed by atoms with van der Waals surface area (Å²) < 4.78 is 0. The third kappa shape index (κ3) is 3.17. The van der Waals surface area contributed by atoms with Crippen LogP contribution in [0.2, 0.25) is 0 Å². The van der Waals surface area contributed by atoms with E-state index in [1.165, 1.54) is 51.7 Å². The van der Waals surface area contributed by atoms with Crippen LogP contribution in [-0.4, -0.2) is 36.1 Å². The summed E-state index contributed by atoms with van der Waals surface area (Å²) in [6.45, 7) is 13.4. The minimum atomic E-state index is 0.335. The largest absolute Gasteiger partial charge is 0.309 e. The molecule has 2 saturated carbocycles. The van der Waals surface area contributed by atoms with E-state index in [4.69, 9.17) is 0 Å². The van der Waals surface area contributed by atoms with E-state index in [1.54, 1.807) is 6.42 Å². The van der Waals surface area contributed by atoms with Gasteiger partial charge in [0.05, 0.1) is 0 Å². The van der Waals surface area contributed by atoms with Crippen molar-refractivity contribution in [3.05, 3.63) is 0 Å². The van der Waals surface area contributed by atoms with Crippen LogP contribution in [0.25, 0.3) is 0 Å². The number of nitrogens with one attached hydrogen (secondary N) is 1. The summed E-state index contributed by atoms with van der Waals surface area (Å²) in [6, 6.07) is 0.758. The molecule has 2 bridgehead atoms. The molecule has 2 nitrogen and oxygen atoms in total. The smallest absolute Gasteiger partial charge is 0.0278 e. The summed E-state index contributed by atoms with van der Waals surface area (Å²) in [7, 11) is 0. The Hall–Kier alpha value is -0.0800. The molecule has 1 saturated heterocycles. The van der Waals surface area contributed by atoms with Crippen LogP contribution in [0, 0.1) is 23.7 Å². The first-order chi connectivity index (χ1) is 10.0. The zero-order valence-corrected chi connectivity index (χ0v) is 14.7. The van der Waals surface area contributed by atoms with E-state index in [-0.39, 0.29) is 0 Å². The summed E-state index contributed by atoms with van der Waals surface area (Å²) in [5, 5.41) is 3.86. The molecule has 3 aliphatic rings. The van der Waals surface area contributed by atoms with Gasteiger partial charge < -0.3 is 5.32 Å². The molecule has 2 aliphatic carbocycles. The molecule has 0 aromatic carbocycles. The van der Waals surface area contributed by atoms with E-state index in [2.05, 4.69) is 37.9 Å². The molecule has 0 amide bonds. The van der Waals surface area contributed by atoms with Crippen molar-refractivity contribution in [2.75, 3.05) is 19.6 Å². The van der Waals surface area contributed by atoms with Crippen LogP contribution in [0.15, 0.2) is 0 Å². The minimum Gasteiger partial charge on any atom is -0.309 e. The van der Waals surface area contributed by atoms with E-state index in [0.717, 1.165) is 29.7 Å². The van der Waals surface area contributed by atoms with Crippen molar-refractivity contribution in [2.45, 2.75) is 77.8 Å². The van der Waals surface area contributed by atoms with Gasteiger partial charge in [-0.15, -0.1) is 0 Å². The van der Waals surface area contributed by atoms with Crippen LogP contribution in [0.4, 0.5) is 0 Å². The normalized spacial score (nSPS) is 45.1. The van der Waals surface area contributed by atoms with Crippen LogP contribution in [0.1, 0.15) is 66.2 Å². The van der Waals surface area contributed by atoms with Gasteiger partial charge in [0.25, 0.3) is 0 Å². The second-order valence-electron chi connectivity index (χ2n) is 8.61. The van der Waals surface area contributed by atoms with E-state index < -0.39 is 0 Å². The second kappa shape index (κ2) is 6.20. The number of piperazine rings is 1.